The maximum atomic E-state index is 12.3. The zero-order chi connectivity index (χ0) is 21.8. The summed E-state index contributed by atoms with van der Waals surface area (Å²) >= 11 is 0. The van der Waals surface area contributed by atoms with Crippen LogP contribution in [-0.4, -0.2) is 24.6 Å². The van der Waals surface area contributed by atoms with E-state index in [4.69, 9.17) is 13.9 Å². The number of nitrogens with one attached hydrogen (secondary N) is 1. The first-order valence-electron chi connectivity index (χ1n) is 10.1. The average molecular weight is 416 g/mol. The molecule has 1 amide bonds. The molecule has 158 valence electrons. The van der Waals surface area contributed by atoms with Crippen LogP contribution in [0.4, 0.5) is 5.69 Å². The highest BCUT2D eigenvalue weighted by molar-refractivity contribution is 5.92. The third kappa shape index (κ3) is 4.86. The van der Waals surface area contributed by atoms with Crippen LogP contribution < -0.4 is 14.8 Å². The lowest BCUT2D eigenvalue weighted by Crippen LogP contribution is -2.20. The number of carbonyl (C=O) groups is 1. The Labute approximate surface area is 180 Å². The Morgan fingerprint density at radius 2 is 1.81 bits per heavy atom. The summed E-state index contributed by atoms with van der Waals surface area (Å²) in [6.07, 6.45) is 0. The van der Waals surface area contributed by atoms with Crippen LogP contribution in [-0.2, 0) is 4.79 Å². The molecule has 0 fully saturated rings. The molecule has 3 aromatic carbocycles. The summed E-state index contributed by atoms with van der Waals surface area (Å²) in [6.45, 7) is 4.19. The predicted octanol–water partition coefficient (Wildman–Crippen LogP) is 5.64. The quantitative estimate of drug-likeness (QED) is 0.422. The normalized spacial score (nSPS) is 11.0. The van der Waals surface area contributed by atoms with Crippen molar-refractivity contribution in [2.24, 2.45) is 0 Å². The standard InChI is InChI=1S/C25H24N2O4/c1-16(2)17-7-12-23-22(14-17)27-25(31-23)18-5-4-6-19(13-18)26-24(28)15-30-21-10-8-20(29-3)9-11-21/h4-14,16H,15H2,1-3H3,(H,26,28). The Morgan fingerprint density at radius 3 is 2.55 bits per heavy atom. The molecule has 1 aromatic heterocycles. The van der Waals surface area contributed by atoms with E-state index in [1.165, 1.54) is 5.56 Å². The molecule has 0 unspecified atom stereocenters. The molecular formula is C25H24N2O4. The van der Waals surface area contributed by atoms with Crippen LogP contribution in [0.15, 0.2) is 71.1 Å². The van der Waals surface area contributed by atoms with Gasteiger partial charge in [0.05, 0.1) is 7.11 Å². The van der Waals surface area contributed by atoms with E-state index in [2.05, 4.69) is 36.3 Å². The molecule has 0 bridgehead atoms. The van der Waals surface area contributed by atoms with Crippen LogP contribution in [0, 0.1) is 0 Å². The fourth-order valence-electron chi connectivity index (χ4n) is 3.17. The largest absolute Gasteiger partial charge is 0.497 e. The van der Waals surface area contributed by atoms with E-state index in [1.807, 2.05) is 30.3 Å². The summed E-state index contributed by atoms with van der Waals surface area (Å²) in [7, 11) is 1.60. The Balaban J connectivity index is 1.44. The van der Waals surface area contributed by atoms with Crippen molar-refractivity contribution in [3.63, 3.8) is 0 Å². The number of ether oxygens (including phenoxy) is 2. The van der Waals surface area contributed by atoms with Gasteiger partial charge in [-0.15, -0.1) is 0 Å². The van der Waals surface area contributed by atoms with E-state index < -0.39 is 0 Å². The van der Waals surface area contributed by atoms with Crippen molar-refractivity contribution in [2.45, 2.75) is 19.8 Å². The monoisotopic (exact) mass is 416 g/mol. The van der Waals surface area contributed by atoms with Gasteiger partial charge in [0.25, 0.3) is 5.91 Å². The first-order chi connectivity index (χ1) is 15.0. The summed E-state index contributed by atoms with van der Waals surface area (Å²) in [5, 5.41) is 2.84. The van der Waals surface area contributed by atoms with Crippen LogP contribution >= 0.6 is 0 Å². The molecule has 6 nitrogen and oxygen atoms in total. The lowest BCUT2D eigenvalue weighted by Gasteiger charge is -2.08. The first-order valence-corrected chi connectivity index (χ1v) is 10.1. The number of fused-ring (bicyclic) bond motifs is 1. The maximum absolute atomic E-state index is 12.3. The van der Waals surface area contributed by atoms with E-state index in [1.54, 1.807) is 31.4 Å². The smallest absolute Gasteiger partial charge is 0.262 e. The fourth-order valence-corrected chi connectivity index (χ4v) is 3.17. The molecule has 0 aliphatic carbocycles. The Hall–Kier alpha value is -3.80. The number of carbonyl (C=O) groups excluding carboxylic acids is 1. The van der Waals surface area contributed by atoms with Crippen LogP contribution in [0.25, 0.3) is 22.6 Å². The molecule has 0 aliphatic rings. The average Bonchev–Trinajstić information content (AvgIpc) is 3.22. The van der Waals surface area contributed by atoms with E-state index in [9.17, 15) is 4.79 Å². The summed E-state index contributed by atoms with van der Waals surface area (Å²) in [6, 6.07) is 20.5. The lowest BCUT2D eigenvalue weighted by molar-refractivity contribution is -0.118. The molecule has 0 saturated carbocycles. The van der Waals surface area contributed by atoms with Crippen molar-refractivity contribution < 1.29 is 18.7 Å². The molecule has 0 radical (unpaired) electrons. The van der Waals surface area contributed by atoms with Gasteiger partial charge in [0.15, 0.2) is 12.2 Å². The molecule has 0 atom stereocenters. The Morgan fingerprint density at radius 1 is 1.03 bits per heavy atom. The number of methoxy groups -OCH3 is 1. The highest BCUT2D eigenvalue weighted by Gasteiger charge is 2.11. The molecule has 4 rings (SSSR count). The van der Waals surface area contributed by atoms with Crippen molar-refractivity contribution in [2.75, 3.05) is 19.0 Å². The number of rotatable bonds is 7. The van der Waals surface area contributed by atoms with Gasteiger partial charge < -0.3 is 19.2 Å². The van der Waals surface area contributed by atoms with Crippen LogP contribution in [0.5, 0.6) is 11.5 Å². The molecule has 0 aliphatic heterocycles. The number of hydrogen-bond acceptors (Lipinski definition) is 5. The predicted molar refractivity (Wildman–Crippen MR) is 121 cm³/mol. The third-order valence-electron chi connectivity index (χ3n) is 4.90. The van der Waals surface area contributed by atoms with Gasteiger partial charge in [-0.25, -0.2) is 4.98 Å². The van der Waals surface area contributed by atoms with Gasteiger partial charge in [0, 0.05) is 11.3 Å². The zero-order valence-corrected chi connectivity index (χ0v) is 17.7. The third-order valence-corrected chi connectivity index (χ3v) is 4.90. The molecule has 4 aromatic rings. The molecule has 6 heteroatoms. The topological polar surface area (TPSA) is 73.6 Å². The second kappa shape index (κ2) is 8.92. The van der Waals surface area contributed by atoms with Gasteiger partial charge >= 0.3 is 0 Å². The van der Waals surface area contributed by atoms with Crippen molar-refractivity contribution >= 4 is 22.7 Å². The van der Waals surface area contributed by atoms with Gasteiger partial charge in [0.2, 0.25) is 5.89 Å². The van der Waals surface area contributed by atoms with Crippen molar-refractivity contribution in [1.29, 1.82) is 0 Å². The molecule has 1 heterocycles. The second-order valence-corrected chi connectivity index (χ2v) is 7.49. The number of aromatic nitrogens is 1. The summed E-state index contributed by atoms with van der Waals surface area (Å²) in [5.74, 6) is 2.00. The van der Waals surface area contributed by atoms with Gasteiger partial charge in [-0.1, -0.05) is 26.0 Å². The fraction of sp³-hybridized carbons (Fsp3) is 0.200. The minimum atomic E-state index is -0.257. The van der Waals surface area contributed by atoms with Crippen LogP contribution in [0.2, 0.25) is 0 Å². The van der Waals surface area contributed by atoms with Crippen molar-refractivity contribution in [1.82, 2.24) is 4.98 Å². The maximum Gasteiger partial charge on any atom is 0.262 e. The molecule has 0 saturated heterocycles. The second-order valence-electron chi connectivity index (χ2n) is 7.49. The Kier molecular flexibility index (Phi) is 5.89. The van der Waals surface area contributed by atoms with E-state index in [0.717, 1.165) is 22.4 Å². The Bertz CT molecular complexity index is 1200. The highest BCUT2D eigenvalue weighted by Crippen LogP contribution is 2.28. The summed E-state index contributed by atoms with van der Waals surface area (Å²) in [5.41, 5.74) is 4.21. The van der Waals surface area contributed by atoms with Crippen LogP contribution in [0.3, 0.4) is 0 Å². The summed E-state index contributed by atoms with van der Waals surface area (Å²) in [4.78, 5) is 16.9. The molecular weight excluding hydrogens is 392 g/mol. The molecule has 31 heavy (non-hydrogen) atoms. The van der Waals surface area contributed by atoms with E-state index >= 15 is 0 Å². The molecule has 0 spiro atoms. The highest BCUT2D eigenvalue weighted by atomic mass is 16.5. The number of oxazole rings is 1. The lowest BCUT2D eigenvalue weighted by atomic mass is 10.0. The minimum absolute atomic E-state index is 0.0998. The van der Waals surface area contributed by atoms with Gasteiger partial charge in [-0.05, 0) is 66.1 Å². The number of amides is 1. The number of anilines is 1. The van der Waals surface area contributed by atoms with Crippen molar-refractivity contribution in [3.05, 3.63) is 72.3 Å². The van der Waals surface area contributed by atoms with Gasteiger partial charge in [0.1, 0.15) is 17.0 Å². The zero-order valence-electron chi connectivity index (χ0n) is 17.7. The van der Waals surface area contributed by atoms with Gasteiger partial charge in [-0.3, -0.25) is 4.79 Å². The first kappa shape index (κ1) is 20.5. The summed E-state index contributed by atoms with van der Waals surface area (Å²) < 4.78 is 16.5. The van der Waals surface area contributed by atoms with Crippen LogP contribution in [0.1, 0.15) is 25.3 Å². The minimum Gasteiger partial charge on any atom is -0.497 e. The number of hydrogen-bond donors (Lipinski definition) is 1. The SMILES string of the molecule is COc1ccc(OCC(=O)Nc2cccc(-c3nc4cc(C(C)C)ccc4o3)c2)cc1. The molecule has 1 N–H and O–H groups in total. The van der Waals surface area contributed by atoms with E-state index in [0.29, 0.717) is 23.2 Å². The number of nitrogens with zero attached hydrogens (tertiary/aromatic N) is 1. The number of benzene rings is 3. The van der Waals surface area contributed by atoms with Crippen molar-refractivity contribution in [3.8, 4) is 23.0 Å². The van der Waals surface area contributed by atoms with E-state index in [-0.39, 0.29) is 12.5 Å². The van der Waals surface area contributed by atoms with Gasteiger partial charge in [-0.2, -0.15) is 0 Å².